The van der Waals surface area contributed by atoms with E-state index in [1.165, 1.54) is 16.9 Å². The number of benzene rings is 1. The first-order chi connectivity index (χ1) is 11.6. The lowest BCUT2D eigenvalue weighted by molar-refractivity contribution is -0.130. The molecule has 0 unspecified atom stereocenters. The van der Waals surface area contributed by atoms with Crippen LogP contribution in [0.4, 0.5) is 0 Å². The summed E-state index contributed by atoms with van der Waals surface area (Å²) in [5.74, 6) is 0.224. The van der Waals surface area contributed by atoms with E-state index in [2.05, 4.69) is 0 Å². The Hall–Kier alpha value is -2.14. The van der Waals surface area contributed by atoms with Crippen LogP contribution in [0.25, 0.3) is 0 Å². The van der Waals surface area contributed by atoms with Gasteiger partial charge in [0, 0.05) is 26.2 Å². The van der Waals surface area contributed by atoms with E-state index in [0.717, 1.165) is 23.4 Å². The number of rotatable bonds is 3. The predicted octanol–water partition coefficient (Wildman–Crippen LogP) is 2.97. The number of carbonyl (C=O) groups excluding carboxylic acids is 2. The summed E-state index contributed by atoms with van der Waals surface area (Å²) in [6, 6.07) is 11.8. The van der Waals surface area contributed by atoms with Crippen LogP contribution in [0.2, 0.25) is 0 Å². The minimum absolute atomic E-state index is 0.0813. The van der Waals surface area contributed by atoms with Gasteiger partial charge >= 0.3 is 0 Å². The molecule has 0 N–H and O–H groups in total. The van der Waals surface area contributed by atoms with Crippen LogP contribution in [-0.2, 0) is 11.2 Å². The highest BCUT2D eigenvalue weighted by molar-refractivity contribution is 7.12. The van der Waals surface area contributed by atoms with Crippen LogP contribution >= 0.6 is 11.3 Å². The summed E-state index contributed by atoms with van der Waals surface area (Å²) in [5, 5.41) is 1.92. The SMILES string of the molecule is Cc1ccc(CC(=O)N2CCCN(C(=O)c3cccs3)CC2)cc1. The lowest BCUT2D eigenvalue weighted by Gasteiger charge is -2.22. The number of amides is 2. The van der Waals surface area contributed by atoms with E-state index >= 15 is 0 Å². The zero-order valence-corrected chi connectivity index (χ0v) is 14.7. The monoisotopic (exact) mass is 342 g/mol. The van der Waals surface area contributed by atoms with Crippen molar-refractivity contribution >= 4 is 23.2 Å². The summed E-state index contributed by atoms with van der Waals surface area (Å²) in [6.45, 7) is 4.70. The first-order valence-electron chi connectivity index (χ1n) is 8.29. The van der Waals surface area contributed by atoms with Crippen LogP contribution in [0.5, 0.6) is 0 Å². The lowest BCUT2D eigenvalue weighted by atomic mass is 10.1. The van der Waals surface area contributed by atoms with Gasteiger partial charge in [0.15, 0.2) is 0 Å². The third kappa shape index (κ3) is 4.03. The van der Waals surface area contributed by atoms with Gasteiger partial charge in [0.2, 0.25) is 5.91 Å². The van der Waals surface area contributed by atoms with E-state index in [0.29, 0.717) is 26.1 Å². The molecular formula is C19H22N2O2S. The van der Waals surface area contributed by atoms with Gasteiger partial charge in [0.25, 0.3) is 5.91 Å². The molecule has 1 aromatic heterocycles. The number of nitrogens with zero attached hydrogens (tertiary/aromatic N) is 2. The summed E-state index contributed by atoms with van der Waals surface area (Å²) >= 11 is 1.47. The average molecular weight is 342 g/mol. The summed E-state index contributed by atoms with van der Waals surface area (Å²) in [5.41, 5.74) is 2.24. The molecule has 126 valence electrons. The molecule has 1 aliphatic rings. The second-order valence-electron chi connectivity index (χ2n) is 6.17. The lowest BCUT2D eigenvalue weighted by Crippen LogP contribution is -2.37. The zero-order chi connectivity index (χ0) is 16.9. The van der Waals surface area contributed by atoms with E-state index in [-0.39, 0.29) is 11.8 Å². The van der Waals surface area contributed by atoms with Gasteiger partial charge in [-0.1, -0.05) is 35.9 Å². The van der Waals surface area contributed by atoms with Gasteiger partial charge in [-0.15, -0.1) is 11.3 Å². The molecule has 1 aliphatic heterocycles. The molecule has 3 rings (SSSR count). The van der Waals surface area contributed by atoms with Crippen molar-refractivity contribution in [2.24, 2.45) is 0 Å². The van der Waals surface area contributed by atoms with Crippen molar-refractivity contribution in [2.45, 2.75) is 19.8 Å². The molecular weight excluding hydrogens is 320 g/mol. The van der Waals surface area contributed by atoms with E-state index in [1.807, 2.05) is 58.5 Å². The quantitative estimate of drug-likeness (QED) is 0.860. The third-order valence-electron chi connectivity index (χ3n) is 4.34. The fourth-order valence-corrected chi connectivity index (χ4v) is 3.61. The number of hydrogen-bond donors (Lipinski definition) is 0. The van der Waals surface area contributed by atoms with Crippen LogP contribution < -0.4 is 0 Å². The smallest absolute Gasteiger partial charge is 0.263 e. The Morgan fingerprint density at radius 3 is 2.42 bits per heavy atom. The third-order valence-corrected chi connectivity index (χ3v) is 5.20. The van der Waals surface area contributed by atoms with Gasteiger partial charge in [-0.05, 0) is 30.4 Å². The highest BCUT2D eigenvalue weighted by Crippen LogP contribution is 2.15. The predicted molar refractivity (Wildman–Crippen MR) is 96.3 cm³/mol. The first-order valence-corrected chi connectivity index (χ1v) is 9.17. The Labute approximate surface area is 146 Å². The maximum atomic E-state index is 12.5. The van der Waals surface area contributed by atoms with Crippen LogP contribution in [0.15, 0.2) is 41.8 Å². The number of aryl methyl sites for hydroxylation is 1. The molecule has 2 heterocycles. The first kappa shape index (κ1) is 16.7. The van der Waals surface area contributed by atoms with Gasteiger partial charge in [-0.25, -0.2) is 0 Å². The Morgan fingerprint density at radius 1 is 1.00 bits per heavy atom. The van der Waals surface area contributed by atoms with Crippen molar-refractivity contribution in [3.63, 3.8) is 0 Å². The van der Waals surface area contributed by atoms with Gasteiger partial charge in [-0.2, -0.15) is 0 Å². The van der Waals surface area contributed by atoms with Crippen LogP contribution in [0, 0.1) is 6.92 Å². The molecule has 0 radical (unpaired) electrons. The Morgan fingerprint density at radius 2 is 1.71 bits per heavy atom. The van der Waals surface area contributed by atoms with Crippen LogP contribution in [0.3, 0.4) is 0 Å². The van der Waals surface area contributed by atoms with Crippen molar-refractivity contribution in [2.75, 3.05) is 26.2 Å². The van der Waals surface area contributed by atoms with Crippen LogP contribution in [-0.4, -0.2) is 47.8 Å². The summed E-state index contributed by atoms with van der Waals surface area (Å²) < 4.78 is 0. The molecule has 2 aromatic rings. The molecule has 1 saturated heterocycles. The van der Waals surface area contributed by atoms with Gasteiger partial charge < -0.3 is 9.80 Å². The summed E-state index contributed by atoms with van der Waals surface area (Å²) in [6.07, 6.45) is 1.26. The molecule has 24 heavy (non-hydrogen) atoms. The normalized spacial score (nSPS) is 15.2. The van der Waals surface area contributed by atoms with Crippen molar-refractivity contribution in [1.82, 2.24) is 9.80 Å². The minimum Gasteiger partial charge on any atom is -0.341 e. The maximum Gasteiger partial charge on any atom is 0.263 e. The molecule has 2 amide bonds. The van der Waals surface area contributed by atoms with E-state index in [9.17, 15) is 9.59 Å². The topological polar surface area (TPSA) is 40.6 Å². The second-order valence-corrected chi connectivity index (χ2v) is 7.11. The molecule has 4 nitrogen and oxygen atoms in total. The number of thiophene rings is 1. The van der Waals surface area contributed by atoms with Crippen molar-refractivity contribution in [3.8, 4) is 0 Å². The Balaban J connectivity index is 1.57. The second kappa shape index (κ2) is 7.62. The molecule has 0 aliphatic carbocycles. The van der Waals surface area contributed by atoms with Gasteiger partial charge in [0.1, 0.15) is 0 Å². The van der Waals surface area contributed by atoms with Gasteiger partial charge in [0.05, 0.1) is 11.3 Å². The van der Waals surface area contributed by atoms with Crippen LogP contribution in [0.1, 0.15) is 27.2 Å². The number of carbonyl (C=O) groups is 2. The zero-order valence-electron chi connectivity index (χ0n) is 13.9. The molecule has 0 bridgehead atoms. The highest BCUT2D eigenvalue weighted by Gasteiger charge is 2.23. The largest absolute Gasteiger partial charge is 0.341 e. The molecule has 1 fully saturated rings. The molecule has 0 saturated carbocycles. The fourth-order valence-electron chi connectivity index (χ4n) is 2.92. The molecule has 5 heteroatoms. The standard InChI is InChI=1S/C19H22N2O2S/c1-15-5-7-16(8-6-15)14-18(22)20-9-3-10-21(12-11-20)19(23)17-4-2-13-24-17/h2,4-8,13H,3,9-12,14H2,1H3. The fraction of sp³-hybridized carbons (Fsp3) is 0.368. The van der Waals surface area contributed by atoms with E-state index in [1.54, 1.807) is 0 Å². The molecule has 0 spiro atoms. The molecule has 1 aromatic carbocycles. The molecule has 0 atom stereocenters. The number of hydrogen-bond acceptors (Lipinski definition) is 3. The Kier molecular flexibility index (Phi) is 5.30. The Bertz CT molecular complexity index is 695. The maximum absolute atomic E-state index is 12.5. The highest BCUT2D eigenvalue weighted by atomic mass is 32.1. The van der Waals surface area contributed by atoms with Crippen molar-refractivity contribution < 1.29 is 9.59 Å². The summed E-state index contributed by atoms with van der Waals surface area (Å²) in [7, 11) is 0. The minimum atomic E-state index is 0.0813. The van der Waals surface area contributed by atoms with E-state index < -0.39 is 0 Å². The van der Waals surface area contributed by atoms with E-state index in [4.69, 9.17) is 0 Å². The van der Waals surface area contributed by atoms with Gasteiger partial charge in [-0.3, -0.25) is 9.59 Å². The average Bonchev–Trinajstić information content (AvgIpc) is 3.00. The summed E-state index contributed by atoms with van der Waals surface area (Å²) in [4.78, 5) is 29.5. The van der Waals surface area contributed by atoms with Crippen molar-refractivity contribution in [1.29, 1.82) is 0 Å². The van der Waals surface area contributed by atoms with Crippen molar-refractivity contribution in [3.05, 3.63) is 57.8 Å².